The summed E-state index contributed by atoms with van der Waals surface area (Å²) in [7, 11) is 2.98. The predicted molar refractivity (Wildman–Crippen MR) is 64.2 cm³/mol. The van der Waals surface area contributed by atoms with Gasteiger partial charge in [0.15, 0.2) is 11.5 Å². The quantitative estimate of drug-likeness (QED) is 0.782. The molecule has 1 heterocycles. The van der Waals surface area contributed by atoms with Crippen molar-refractivity contribution >= 4 is 21.8 Å². The molecule has 1 aliphatic rings. The van der Waals surface area contributed by atoms with Gasteiger partial charge in [0.2, 0.25) is 0 Å². The number of ether oxygens (including phenoxy) is 2. The van der Waals surface area contributed by atoms with E-state index in [1.165, 1.54) is 7.11 Å². The van der Waals surface area contributed by atoms with Crippen LogP contribution in [0.1, 0.15) is 10.4 Å². The van der Waals surface area contributed by atoms with Gasteiger partial charge in [0.1, 0.15) is 13.2 Å². The summed E-state index contributed by atoms with van der Waals surface area (Å²) in [5.74, 6) is 0.955. The number of carbonyl (C=O) groups is 1. The van der Waals surface area contributed by atoms with Crippen molar-refractivity contribution in [3.63, 3.8) is 0 Å². The number of rotatable bonds is 2. The van der Waals surface area contributed by atoms with Crippen molar-refractivity contribution in [1.29, 1.82) is 0 Å². The Morgan fingerprint density at radius 3 is 2.82 bits per heavy atom. The van der Waals surface area contributed by atoms with E-state index >= 15 is 0 Å². The molecule has 2 rings (SSSR count). The van der Waals surface area contributed by atoms with Crippen molar-refractivity contribution < 1.29 is 19.1 Å². The standard InChI is InChI=1S/C11H12BrNO4/c1-13(15-2)11(14)7-5-8(12)10-9(6-7)16-3-4-17-10/h5-6H,3-4H2,1-2H3. The summed E-state index contributed by atoms with van der Waals surface area (Å²) in [6.45, 7) is 0.994. The van der Waals surface area contributed by atoms with Gasteiger partial charge in [-0.3, -0.25) is 9.63 Å². The zero-order valence-electron chi connectivity index (χ0n) is 9.53. The molecular formula is C11H12BrNO4. The van der Waals surface area contributed by atoms with E-state index in [1.807, 2.05) is 0 Å². The zero-order chi connectivity index (χ0) is 12.4. The van der Waals surface area contributed by atoms with Gasteiger partial charge in [-0.2, -0.15) is 0 Å². The average Bonchev–Trinajstić information content (AvgIpc) is 2.37. The van der Waals surface area contributed by atoms with Gasteiger partial charge in [-0.1, -0.05) is 0 Å². The molecule has 0 aliphatic carbocycles. The van der Waals surface area contributed by atoms with Crippen LogP contribution in [0.25, 0.3) is 0 Å². The van der Waals surface area contributed by atoms with E-state index in [-0.39, 0.29) is 5.91 Å². The van der Waals surface area contributed by atoms with Crippen molar-refractivity contribution in [2.45, 2.75) is 0 Å². The average molecular weight is 302 g/mol. The van der Waals surface area contributed by atoms with Crippen LogP contribution >= 0.6 is 15.9 Å². The molecule has 0 spiro atoms. The zero-order valence-corrected chi connectivity index (χ0v) is 11.1. The van der Waals surface area contributed by atoms with Gasteiger partial charge in [0.25, 0.3) is 5.91 Å². The fourth-order valence-corrected chi connectivity index (χ4v) is 2.06. The summed E-state index contributed by atoms with van der Waals surface area (Å²) < 4.78 is 11.6. The first-order valence-electron chi connectivity index (χ1n) is 5.05. The molecule has 0 fully saturated rings. The summed E-state index contributed by atoms with van der Waals surface area (Å²) in [5, 5.41) is 1.15. The van der Waals surface area contributed by atoms with E-state index in [1.54, 1.807) is 19.2 Å². The van der Waals surface area contributed by atoms with E-state index in [0.29, 0.717) is 34.7 Å². The van der Waals surface area contributed by atoms with Gasteiger partial charge in [-0.25, -0.2) is 5.06 Å². The molecule has 0 aromatic heterocycles. The SMILES string of the molecule is CON(C)C(=O)c1cc(Br)c2c(c1)OCCO2. The first-order chi connectivity index (χ1) is 8.13. The Labute approximate surface area is 107 Å². The second kappa shape index (κ2) is 4.93. The van der Waals surface area contributed by atoms with Crippen molar-refractivity contribution in [2.75, 3.05) is 27.4 Å². The van der Waals surface area contributed by atoms with Crippen LogP contribution in [-0.4, -0.2) is 38.3 Å². The normalized spacial score (nSPS) is 13.4. The maximum Gasteiger partial charge on any atom is 0.277 e. The van der Waals surface area contributed by atoms with E-state index < -0.39 is 0 Å². The monoisotopic (exact) mass is 301 g/mol. The molecule has 17 heavy (non-hydrogen) atoms. The minimum atomic E-state index is -0.245. The largest absolute Gasteiger partial charge is 0.486 e. The molecule has 0 saturated heterocycles. The highest BCUT2D eigenvalue weighted by Gasteiger charge is 2.20. The third-order valence-electron chi connectivity index (χ3n) is 2.40. The van der Waals surface area contributed by atoms with Crippen LogP contribution in [0.2, 0.25) is 0 Å². The summed E-state index contributed by atoms with van der Waals surface area (Å²) >= 11 is 3.36. The third-order valence-corrected chi connectivity index (χ3v) is 2.99. The van der Waals surface area contributed by atoms with Crippen LogP contribution in [0.3, 0.4) is 0 Å². The number of nitrogens with zero attached hydrogens (tertiary/aromatic N) is 1. The number of benzene rings is 1. The molecule has 0 atom stereocenters. The van der Waals surface area contributed by atoms with Gasteiger partial charge in [-0.15, -0.1) is 0 Å². The summed E-state index contributed by atoms with van der Waals surface area (Å²) in [6, 6.07) is 3.34. The van der Waals surface area contributed by atoms with Gasteiger partial charge in [0.05, 0.1) is 11.6 Å². The van der Waals surface area contributed by atoms with Crippen molar-refractivity contribution in [3.8, 4) is 11.5 Å². The second-order valence-corrected chi connectivity index (χ2v) is 4.32. The minimum Gasteiger partial charge on any atom is -0.486 e. The minimum absolute atomic E-state index is 0.245. The first kappa shape index (κ1) is 12.2. The number of halogens is 1. The number of carbonyl (C=O) groups excluding carboxylic acids is 1. The Balaban J connectivity index is 2.37. The molecule has 1 aromatic carbocycles. The Bertz CT molecular complexity index is 449. The van der Waals surface area contributed by atoms with Gasteiger partial charge in [-0.05, 0) is 28.1 Å². The van der Waals surface area contributed by atoms with Crippen molar-refractivity contribution in [1.82, 2.24) is 5.06 Å². The lowest BCUT2D eigenvalue weighted by Gasteiger charge is -2.21. The summed E-state index contributed by atoms with van der Waals surface area (Å²) in [4.78, 5) is 16.7. The maximum absolute atomic E-state index is 11.9. The lowest BCUT2D eigenvalue weighted by Crippen LogP contribution is -2.25. The van der Waals surface area contributed by atoms with Crippen LogP contribution in [0.15, 0.2) is 16.6 Å². The molecule has 0 radical (unpaired) electrons. The molecule has 1 aliphatic heterocycles. The number of hydrogen-bond donors (Lipinski definition) is 0. The lowest BCUT2D eigenvalue weighted by molar-refractivity contribution is -0.0757. The van der Waals surface area contributed by atoms with E-state index in [0.717, 1.165) is 5.06 Å². The predicted octanol–water partition coefficient (Wildman–Crippen LogP) is 1.85. The van der Waals surface area contributed by atoms with Crippen molar-refractivity contribution in [2.24, 2.45) is 0 Å². The van der Waals surface area contributed by atoms with Crippen molar-refractivity contribution in [3.05, 3.63) is 22.2 Å². The van der Waals surface area contributed by atoms with Crippen LogP contribution < -0.4 is 9.47 Å². The third kappa shape index (κ3) is 2.37. The second-order valence-electron chi connectivity index (χ2n) is 3.47. The van der Waals surface area contributed by atoms with Crippen LogP contribution in [0.5, 0.6) is 11.5 Å². The highest BCUT2D eigenvalue weighted by atomic mass is 79.9. The molecule has 0 saturated carbocycles. The fourth-order valence-electron chi connectivity index (χ4n) is 1.50. The maximum atomic E-state index is 11.9. The Hall–Kier alpha value is -1.27. The van der Waals surface area contributed by atoms with Gasteiger partial charge < -0.3 is 9.47 Å². The summed E-state index contributed by atoms with van der Waals surface area (Å²) in [6.07, 6.45) is 0. The fraction of sp³-hybridized carbons (Fsp3) is 0.364. The van der Waals surface area contributed by atoms with E-state index in [9.17, 15) is 4.79 Å². The highest BCUT2D eigenvalue weighted by Crippen LogP contribution is 2.38. The molecule has 5 nitrogen and oxygen atoms in total. The van der Waals surface area contributed by atoms with E-state index in [2.05, 4.69) is 15.9 Å². The highest BCUT2D eigenvalue weighted by molar-refractivity contribution is 9.10. The Morgan fingerprint density at radius 2 is 2.12 bits per heavy atom. The number of amides is 1. The molecule has 1 aromatic rings. The topological polar surface area (TPSA) is 48.0 Å². The Kier molecular flexibility index (Phi) is 3.54. The smallest absolute Gasteiger partial charge is 0.277 e. The van der Waals surface area contributed by atoms with Crippen LogP contribution in [0.4, 0.5) is 0 Å². The van der Waals surface area contributed by atoms with E-state index in [4.69, 9.17) is 14.3 Å². The van der Waals surface area contributed by atoms with Gasteiger partial charge in [0, 0.05) is 12.6 Å². The molecule has 6 heteroatoms. The molecular weight excluding hydrogens is 290 g/mol. The number of hydrogen-bond acceptors (Lipinski definition) is 4. The lowest BCUT2D eigenvalue weighted by atomic mass is 10.2. The number of hydroxylamine groups is 2. The van der Waals surface area contributed by atoms with Crippen LogP contribution in [-0.2, 0) is 4.84 Å². The first-order valence-corrected chi connectivity index (χ1v) is 5.84. The molecule has 1 amide bonds. The molecule has 0 unspecified atom stereocenters. The molecule has 92 valence electrons. The number of fused-ring (bicyclic) bond motifs is 1. The summed E-state index contributed by atoms with van der Waals surface area (Å²) in [5.41, 5.74) is 0.477. The van der Waals surface area contributed by atoms with Gasteiger partial charge >= 0.3 is 0 Å². The van der Waals surface area contributed by atoms with Crippen LogP contribution in [0, 0.1) is 0 Å². The Morgan fingerprint density at radius 1 is 1.41 bits per heavy atom. The molecule has 0 bridgehead atoms. The molecule has 0 N–H and O–H groups in total.